The Hall–Kier alpha value is -8.34. The third-order valence-electron chi connectivity index (χ3n) is 13.9. The first-order chi connectivity index (χ1) is 36.4. The molecule has 9 aromatic carbocycles. The Kier molecular flexibility index (Phi) is 10.6. The van der Waals surface area contributed by atoms with Crippen molar-refractivity contribution in [3.63, 3.8) is 0 Å². The molecule has 11 aromatic rings. The molecule has 0 fully saturated rings. The standard InChI is InChI=1S/C34H19NO3Te.C30H17NO3Te/c36-33-25(34(37)32-24-12-4-2-10-22(24)21-9-1-3-11-23(21)31(32)33)19-20-17-18-30(39-20)35-26-13-5-7-15-28(26)38-29-16-8-6-14-27(29)35;32-29-21-15-13-18-7-1-2-8-20(18)28(21)30(33)22(29)17-19-14-16-27(35-19)31-23-9-3-5-11-25(23)34-26-12-6-4-10-24(26)31/h1-19H;1-17H/b;22-17+. The quantitative estimate of drug-likeness (QED) is 0.0745. The average molecular weight is 1180 g/mol. The average Bonchev–Trinajstić information content (AvgIpc) is 4.23. The summed E-state index contributed by atoms with van der Waals surface area (Å²) in [5, 5.41) is 5.48. The van der Waals surface area contributed by atoms with Gasteiger partial charge in [0, 0.05) is 0 Å². The molecule has 0 atom stereocenters. The van der Waals surface area contributed by atoms with Crippen LogP contribution in [0.2, 0.25) is 0 Å². The molecule has 0 unspecified atom stereocenters. The van der Waals surface area contributed by atoms with Gasteiger partial charge in [-0.3, -0.25) is 0 Å². The van der Waals surface area contributed by atoms with Crippen molar-refractivity contribution in [3.8, 4) is 23.0 Å². The van der Waals surface area contributed by atoms with Crippen LogP contribution in [0.3, 0.4) is 0 Å². The SMILES string of the molecule is O=C1/C(=C\c2ccc(N3c4ccccc4Oc4ccccc43)[te]2)C(=O)c2c1ccc1ccccc21.O=C1C(=Cc2ccc(N3c4ccccc4Oc4ccccc43)[te]2)C(=O)c2c1c1ccccc1c1ccccc21. The topological polar surface area (TPSA) is 93.2 Å². The molecule has 2 aromatic heterocycles. The van der Waals surface area contributed by atoms with Crippen LogP contribution in [0, 0.1) is 0 Å². The summed E-state index contributed by atoms with van der Waals surface area (Å²) >= 11 is -1.73. The minimum absolute atomic E-state index is 0.175. The molecule has 350 valence electrons. The number of carbonyl (C=O) groups excluding carboxylic acids is 4. The Morgan fingerprint density at radius 3 is 1.15 bits per heavy atom. The van der Waals surface area contributed by atoms with Gasteiger partial charge in [0.1, 0.15) is 0 Å². The molecule has 4 aliphatic rings. The molecular formula is C64H36N2O6Te2. The number of carbonyl (C=O) groups is 4. The van der Waals surface area contributed by atoms with E-state index in [-0.39, 0.29) is 34.3 Å². The van der Waals surface area contributed by atoms with Gasteiger partial charge in [0.05, 0.1) is 0 Å². The van der Waals surface area contributed by atoms with Crippen LogP contribution in [0.4, 0.5) is 30.2 Å². The van der Waals surface area contributed by atoms with Crippen LogP contribution in [-0.2, 0) is 0 Å². The van der Waals surface area contributed by atoms with Crippen LogP contribution < -0.4 is 19.3 Å². The molecule has 2 aliphatic carbocycles. The molecule has 0 radical (unpaired) electrons. The van der Waals surface area contributed by atoms with E-state index in [1.807, 2.05) is 170 Å². The van der Waals surface area contributed by atoms with E-state index in [4.69, 9.17) is 9.47 Å². The van der Waals surface area contributed by atoms with Crippen molar-refractivity contribution in [2.45, 2.75) is 0 Å². The van der Waals surface area contributed by atoms with Gasteiger partial charge in [-0.2, -0.15) is 0 Å². The monoisotopic (exact) mass is 1190 g/mol. The summed E-state index contributed by atoms with van der Waals surface area (Å²) in [6, 6.07) is 67.6. The normalized spacial score (nSPS) is 14.5. The Labute approximate surface area is 443 Å². The summed E-state index contributed by atoms with van der Waals surface area (Å²) in [7, 11) is 0. The summed E-state index contributed by atoms with van der Waals surface area (Å²) < 4.78 is 16.8. The summed E-state index contributed by atoms with van der Waals surface area (Å²) in [6.07, 6.45) is 3.67. The Balaban J connectivity index is 0.000000137. The van der Waals surface area contributed by atoms with Crippen LogP contribution in [0.15, 0.2) is 217 Å². The van der Waals surface area contributed by atoms with Crippen molar-refractivity contribution in [3.05, 3.63) is 247 Å². The number of nitrogens with zero attached hydrogens (tertiary/aromatic N) is 2. The first-order valence-electron chi connectivity index (χ1n) is 24.0. The molecule has 0 amide bonds. The second-order valence-electron chi connectivity index (χ2n) is 18.1. The fraction of sp³-hybridized carbons (Fsp3) is 0. The van der Waals surface area contributed by atoms with Gasteiger partial charge in [0.25, 0.3) is 0 Å². The summed E-state index contributed by atoms with van der Waals surface area (Å²) in [5.41, 5.74) is 6.61. The van der Waals surface area contributed by atoms with Crippen molar-refractivity contribution in [1.82, 2.24) is 0 Å². The van der Waals surface area contributed by atoms with Gasteiger partial charge in [-0.1, -0.05) is 0 Å². The number of benzene rings is 9. The Morgan fingerprint density at radius 2 is 0.689 bits per heavy atom. The van der Waals surface area contributed by atoms with Crippen molar-refractivity contribution in [1.29, 1.82) is 0 Å². The Morgan fingerprint density at radius 1 is 0.324 bits per heavy atom. The molecule has 0 saturated heterocycles. The first kappa shape index (κ1) is 44.4. The number of ketones is 4. The van der Waals surface area contributed by atoms with E-state index in [2.05, 4.69) is 52.3 Å². The molecule has 0 bridgehead atoms. The number of ether oxygens (including phenoxy) is 2. The molecule has 0 saturated carbocycles. The third kappa shape index (κ3) is 7.10. The van der Waals surface area contributed by atoms with Gasteiger partial charge >= 0.3 is 447 Å². The van der Waals surface area contributed by atoms with Crippen molar-refractivity contribution >= 4 is 139 Å². The van der Waals surface area contributed by atoms with Crippen molar-refractivity contribution < 1.29 is 28.7 Å². The van der Waals surface area contributed by atoms with Gasteiger partial charge in [0.2, 0.25) is 0 Å². The predicted molar refractivity (Wildman–Crippen MR) is 295 cm³/mol. The molecule has 8 nitrogen and oxygen atoms in total. The summed E-state index contributed by atoms with van der Waals surface area (Å²) in [6.45, 7) is 0. The van der Waals surface area contributed by atoms with E-state index in [1.165, 1.54) is 7.41 Å². The molecule has 2 aliphatic heterocycles. The maximum atomic E-state index is 13.8. The summed E-state index contributed by atoms with van der Waals surface area (Å²) in [4.78, 5) is 58.7. The second kappa shape index (κ2) is 17.7. The molecule has 10 heteroatoms. The molecule has 0 N–H and O–H groups in total. The van der Waals surface area contributed by atoms with E-state index in [0.717, 1.165) is 85.2 Å². The van der Waals surface area contributed by atoms with E-state index >= 15 is 0 Å². The van der Waals surface area contributed by atoms with Gasteiger partial charge < -0.3 is 0 Å². The van der Waals surface area contributed by atoms with Crippen molar-refractivity contribution in [2.75, 3.05) is 9.80 Å². The van der Waals surface area contributed by atoms with Crippen molar-refractivity contribution in [2.24, 2.45) is 0 Å². The number of Topliss-reactive ketones (excluding diaryl/α,β-unsaturated/α-hetero) is 4. The van der Waals surface area contributed by atoms with Crippen LogP contribution in [0.25, 0.3) is 44.5 Å². The number of hydrogen-bond donors (Lipinski definition) is 0. The number of allylic oxidation sites excluding steroid dienone is 2. The summed E-state index contributed by atoms with van der Waals surface area (Å²) in [5.74, 6) is 2.54. The zero-order chi connectivity index (χ0) is 49.6. The number of hydrogen-bond acceptors (Lipinski definition) is 8. The van der Waals surface area contributed by atoms with Crippen LogP contribution in [0.1, 0.15) is 48.6 Å². The molecular weight excluding hydrogens is 1150 g/mol. The number of fused-ring (bicyclic) bond motifs is 13. The van der Waals surface area contributed by atoms with Gasteiger partial charge in [-0.15, -0.1) is 0 Å². The first-order valence-corrected chi connectivity index (χ1v) is 28.6. The predicted octanol–water partition coefficient (Wildman–Crippen LogP) is 15.0. The van der Waals surface area contributed by atoms with Crippen LogP contribution in [0.5, 0.6) is 23.0 Å². The molecule has 4 heterocycles. The van der Waals surface area contributed by atoms with Gasteiger partial charge in [-0.25, -0.2) is 0 Å². The number of anilines is 6. The number of para-hydroxylation sites is 8. The second-order valence-corrected chi connectivity index (χ2v) is 24.3. The zero-order valence-corrected chi connectivity index (χ0v) is 43.6. The third-order valence-corrected chi connectivity index (χ3v) is 19.7. The fourth-order valence-electron chi connectivity index (χ4n) is 10.6. The zero-order valence-electron chi connectivity index (χ0n) is 38.9. The maximum absolute atomic E-state index is 13.8. The Bertz CT molecular complexity index is 4160. The van der Waals surface area contributed by atoms with Crippen LogP contribution in [-0.4, -0.2) is 64.0 Å². The number of rotatable bonds is 4. The fourth-order valence-corrected chi connectivity index (χ4v) is 16.2. The van der Waals surface area contributed by atoms with Gasteiger partial charge in [0.15, 0.2) is 0 Å². The van der Waals surface area contributed by atoms with E-state index in [1.54, 1.807) is 6.07 Å². The molecule has 74 heavy (non-hydrogen) atoms. The van der Waals surface area contributed by atoms with E-state index < -0.39 is 40.9 Å². The van der Waals surface area contributed by atoms with E-state index in [9.17, 15) is 19.2 Å². The van der Waals surface area contributed by atoms with E-state index in [0.29, 0.717) is 22.3 Å². The molecule has 15 rings (SSSR count). The minimum atomic E-state index is -0.887. The van der Waals surface area contributed by atoms with Gasteiger partial charge in [-0.05, 0) is 0 Å². The van der Waals surface area contributed by atoms with Crippen LogP contribution >= 0.6 is 0 Å². The molecule has 0 spiro atoms.